The van der Waals surface area contributed by atoms with E-state index in [1.165, 1.54) is 12.8 Å². The number of carbonyl (C=O) groups excluding carboxylic acids is 1. The Morgan fingerprint density at radius 1 is 1.52 bits per heavy atom. The minimum Gasteiger partial charge on any atom is -0.395 e. The summed E-state index contributed by atoms with van der Waals surface area (Å²) in [7, 11) is 0. The van der Waals surface area contributed by atoms with Gasteiger partial charge in [-0.05, 0) is 42.9 Å². The van der Waals surface area contributed by atoms with Crippen LogP contribution in [0.3, 0.4) is 0 Å². The highest BCUT2D eigenvalue weighted by atomic mass is 35.5. The molecule has 3 nitrogen and oxygen atoms in total. The van der Waals surface area contributed by atoms with Crippen LogP contribution in [-0.2, 0) is 0 Å². The van der Waals surface area contributed by atoms with Crippen molar-refractivity contribution in [3.63, 3.8) is 0 Å². The topological polar surface area (TPSA) is 49.3 Å². The molecule has 1 aromatic carbocycles. The minimum absolute atomic E-state index is 0.0320. The van der Waals surface area contributed by atoms with Crippen LogP contribution in [0.5, 0.6) is 0 Å². The summed E-state index contributed by atoms with van der Waals surface area (Å²) in [6.45, 7) is 2.91. The van der Waals surface area contributed by atoms with E-state index in [0.29, 0.717) is 35.0 Å². The number of benzene rings is 1. The molecule has 1 aromatic rings. The third-order valence-corrected chi connectivity index (χ3v) is 4.02. The van der Waals surface area contributed by atoms with Gasteiger partial charge in [0.2, 0.25) is 0 Å². The zero-order chi connectivity index (χ0) is 15.2. The number of hydrogen-bond donors (Lipinski definition) is 2. The molecular formula is C17H20ClNO2. The Kier molecular flexibility index (Phi) is 5.67. The predicted molar refractivity (Wildman–Crippen MR) is 84.3 cm³/mol. The van der Waals surface area contributed by atoms with Crippen LogP contribution in [0.15, 0.2) is 18.2 Å². The van der Waals surface area contributed by atoms with E-state index in [2.05, 4.69) is 24.1 Å². The Morgan fingerprint density at radius 3 is 2.90 bits per heavy atom. The molecule has 21 heavy (non-hydrogen) atoms. The van der Waals surface area contributed by atoms with Crippen molar-refractivity contribution in [3.05, 3.63) is 34.3 Å². The van der Waals surface area contributed by atoms with Crippen LogP contribution < -0.4 is 5.32 Å². The minimum atomic E-state index is -0.0979. The van der Waals surface area contributed by atoms with Gasteiger partial charge in [-0.15, -0.1) is 0 Å². The molecule has 0 spiro atoms. The van der Waals surface area contributed by atoms with Crippen molar-refractivity contribution >= 4 is 17.5 Å². The second-order valence-corrected chi connectivity index (χ2v) is 5.90. The van der Waals surface area contributed by atoms with Crippen LogP contribution in [0.1, 0.15) is 42.1 Å². The molecule has 0 radical (unpaired) electrons. The Balaban J connectivity index is 1.95. The highest BCUT2D eigenvalue weighted by molar-refractivity contribution is 6.32. The Morgan fingerprint density at radius 2 is 2.29 bits per heavy atom. The first-order chi connectivity index (χ1) is 10.1. The standard InChI is InChI=1S/C17H20ClNO2/c1-12(13-5-6-13)11-19-17(21)15-8-7-14(16(18)10-15)4-2-3-9-20/h7-8,10,12-13,20H,3,5-6,9,11H2,1H3,(H,19,21). The average molecular weight is 306 g/mol. The van der Waals surface area contributed by atoms with Gasteiger partial charge >= 0.3 is 0 Å². The smallest absolute Gasteiger partial charge is 0.251 e. The number of aliphatic hydroxyl groups excluding tert-OH is 1. The van der Waals surface area contributed by atoms with Gasteiger partial charge in [0.15, 0.2) is 0 Å². The molecular weight excluding hydrogens is 286 g/mol. The number of amides is 1. The third kappa shape index (κ3) is 4.77. The largest absolute Gasteiger partial charge is 0.395 e. The SMILES string of the molecule is CC(CNC(=O)c1ccc(C#CCCO)c(Cl)c1)C1CC1. The quantitative estimate of drug-likeness (QED) is 0.822. The monoisotopic (exact) mass is 305 g/mol. The molecule has 0 heterocycles. The van der Waals surface area contributed by atoms with Crippen molar-refractivity contribution in [2.45, 2.75) is 26.2 Å². The summed E-state index contributed by atoms with van der Waals surface area (Å²) in [5.41, 5.74) is 1.23. The van der Waals surface area contributed by atoms with E-state index in [4.69, 9.17) is 16.7 Å². The fourth-order valence-corrected chi connectivity index (χ4v) is 2.39. The van der Waals surface area contributed by atoms with Gasteiger partial charge in [0, 0.05) is 24.1 Å². The Bertz CT molecular complexity index is 570. The van der Waals surface area contributed by atoms with Gasteiger partial charge in [-0.3, -0.25) is 4.79 Å². The van der Waals surface area contributed by atoms with Crippen molar-refractivity contribution < 1.29 is 9.90 Å². The van der Waals surface area contributed by atoms with Crippen LogP contribution in [0.4, 0.5) is 0 Å². The summed E-state index contributed by atoms with van der Waals surface area (Å²) in [5, 5.41) is 12.1. The Hall–Kier alpha value is -1.50. The first-order valence-corrected chi connectivity index (χ1v) is 7.67. The van der Waals surface area contributed by atoms with Crippen molar-refractivity contribution in [2.24, 2.45) is 11.8 Å². The fourth-order valence-electron chi connectivity index (χ4n) is 2.16. The summed E-state index contributed by atoms with van der Waals surface area (Å²) in [5.74, 6) is 6.91. The maximum absolute atomic E-state index is 12.1. The van der Waals surface area contributed by atoms with Gasteiger partial charge in [0.1, 0.15) is 0 Å². The Labute approximate surface area is 130 Å². The number of aliphatic hydroxyl groups is 1. The zero-order valence-corrected chi connectivity index (χ0v) is 12.9. The van der Waals surface area contributed by atoms with E-state index in [0.717, 1.165) is 5.92 Å². The van der Waals surface area contributed by atoms with Gasteiger partial charge < -0.3 is 10.4 Å². The number of halogens is 1. The molecule has 4 heteroatoms. The van der Waals surface area contributed by atoms with Crippen LogP contribution in [0, 0.1) is 23.7 Å². The number of nitrogens with one attached hydrogen (secondary N) is 1. The van der Waals surface area contributed by atoms with Gasteiger partial charge in [0.25, 0.3) is 5.91 Å². The predicted octanol–water partition coefficient (Wildman–Crippen LogP) is 2.85. The maximum atomic E-state index is 12.1. The molecule has 2 N–H and O–H groups in total. The lowest BCUT2D eigenvalue weighted by atomic mass is 10.1. The van der Waals surface area contributed by atoms with Crippen molar-refractivity contribution in [3.8, 4) is 11.8 Å². The summed E-state index contributed by atoms with van der Waals surface area (Å²) in [6, 6.07) is 5.11. The molecule has 1 aliphatic rings. The molecule has 112 valence electrons. The maximum Gasteiger partial charge on any atom is 0.251 e. The van der Waals surface area contributed by atoms with Crippen LogP contribution in [0.2, 0.25) is 5.02 Å². The van der Waals surface area contributed by atoms with Crippen LogP contribution >= 0.6 is 11.6 Å². The summed E-state index contributed by atoms with van der Waals surface area (Å²) < 4.78 is 0. The molecule has 0 bridgehead atoms. The summed E-state index contributed by atoms with van der Waals surface area (Å²) in [6.07, 6.45) is 2.98. The molecule has 0 aromatic heterocycles. The highest BCUT2D eigenvalue weighted by Gasteiger charge is 2.27. The first-order valence-electron chi connectivity index (χ1n) is 7.29. The summed E-state index contributed by atoms with van der Waals surface area (Å²) in [4.78, 5) is 12.1. The van der Waals surface area contributed by atoms with E-state index in [1.54, 1.807) is 18.2 Å². The summed E-state index contributed by atoms with van der Waals surface area (Å²) >= 11 is 6.13. The first kappa shape index (κ1) is 15.9. The molecule has 2 rings (SSSR count). The average Bonchev–Trinajstić information content (AvgIpc) is 3.31. The van der Waals surface area contributed by atoms with E-state index in [1.807, 2.05) is 0 Å². The van der Waals surface area contributed by atoms with Crippen molar-refractivity contribution in [2.75, 3.05) is 13.2 Å². The van der Waals surface area contributed by atoms with Gasteiger partial charge in [-0.2, -0.15) is 0 Å². The van der Waals surface area contributed by atoms with E-state index < -0.39 is 0 Å². The lowest BCUT2D eigenvalue weighted by Gasteiger charge is -2.11. The van der Waals surface area contributed by atoms with Crippen LogP contribution in [-0.4, -0.2) is 24.2 Å². The molecule has 1 atom stereocenters. The molecule has 1 amide bonds. The van der Waals surface area contributed by atoms with Crippen molar-refractivity contribution in [1.82, 2.24) is 5.32 Å². The van der Waals surface area contributed by atoms with Crippen LogP contribution in [0.25, 0.3) is 0 Å². The van der Waals surface area contributed by atoms with E-state index >= 15 is 0 Å². The lowest BCUT2D eigenvalue weighted by molar-refractivity contribution is 0.0946. The van der Waals surface area contributed by atoms with E-state index in [9.17, 15) is 4.79 Å². The number of hydrogen-bond acceptors (Lipinski definition) is 2. The zero-order valence-electron chi connectivity index (χ0n) is 12.2. The molecule has 1 saturated carbocycles. The molecule has 0 aliphatic heterocycles. The van der Waals surface area contributed by atoms with E-state index in [-0.39, 0.29) is 12.5 Å². The van der Waals surface area contributed by atoms with Crippen molar-refractivity contribution in [1.29, 1.82) is 0 Å². The molecule has 1 aliphatic carbocycles. The van der Waals surface area contributed by atoms with Gasteiger partial charge in [0.05, 0.1) is 11.6 Å². The van der Waals surface area contributed by atoms with Gasteiger partial charge in [-0.25, -0.2) is 0 Å². The second-order valence-electron chi connectivity index (χ2n) is 5.49. The molecule has 1 unspecified atom stereocenters. The highest BCUT2D eigenvalue weighted by Crippen LogP contribution is 2.36. The normalized spacial score (nSPS) is 15.0. The molecule has 1 fully saturated rings. The molecule has 0 saturated heterocycles. The second kappa shape index (κ2) is 7.49. The number of rotatable bonds is 5. The third-order valence-electron chi connectivity index (χ3n) is 3.70. The fraction of sp³-hybridized carbons (Fsp3) is 0.471. The lowest BCUT2D eigenvalue weighted by Crippen LogP contribution is -2.29. The number of carbonyl (C=O) groups is 1. The van der Waals surface area contributed by atoms with Gasteiger partial charge in [-0.1, -0.05) is 30.4 Å².